The molecule has 0 spiro atoms. The fourth-order valence-corrected chi connectivity index (χ4v) is 2.50. The molecule has 0 radical (unpaired) electrons. The molecule has 0 aliphatic heterocycles. The number of rotatable bonds is 6. The maximum absolute atomic E-state index is 11.3. The van der Waals surface area contributed by atoms with Crippen molar-refractivity contribution in [1.82, 2.24) is 5.32 Å². The van der Waals surface area contributed by atoms with Gasteiger partial charge in [0.25, 0.3) is 0 Å². The molecular weight excluding hydrogens is 293 g/mol. The minimum atomic E-state index is -2.92. The molecule has 0 aliphatic rings. The average Bonchev–Trinajstić information content (AvgIpc) is 2.32. The largest absolute Gasteiger partial charge is 0.309 e. The number of sulfone groups is 1. The normalized spacial score (nSPS) is 13.6. The Morgan fingerprint density at radius 2 is 1.94 bits per heavy atom. The van der Waals surface area contributed by atoms with Gasteiger partial charge in [0.15, 0.2) is 9.84 Å². The van der Waals surface area contributed by atoms with Crippen LogP contribution in [0.3, 0.4) is 0 Å². The SMILES string of the molecule is CCS(=O)(=O)CCNC(C)c1ccc(Cl)c(Cl)c1. The summed E-state index contributed by atoms with van der Waals surface area (Å²) < 4.78 is 22.7. The first-order chi connectivity index (χ1) is 8.35. The van der Waals surface area contributed by atoms with Crippen molar-refractivity contribution in [3.05, 3.63) is 33.8 Å². The lowest BCUT2D eigenvalue weighted by atomic mass is 10.1. The zero-order chi connectivity index (χ0) is 13.8. The highest BCUT2D eigenvalue weighted by Crippen LogP contribution is 2.25. The van der Waals surface area contributed by atoms with Crippen molar-refractivity contribution < 1.29 is 8.42 Å². The molecule has 0 heterocycles. The van der Waals surface area contributed by atoms with Crippen LogP contribution in [-0.4, -0.2) is 26.5 Å². The minimum absolute atomic E-state index is 0.0341. The van der Waals surface area contributed by atoms with E-state index in [1.54, 1.807) is 19.1 Å². The molecule has 3 nitrogen and oxygen atoms in total. The van der Waals surface area contributed by atoms with Crippen LogP contribution < -0.4 is 5.32 Å². The summed E-state index contributed by atoms with van der Waals surface area (Å²) in [5.74, 6) is 0.324. The lowest BCUT2D eigenvalue weighted by Crippen LogP contribution is -2.26. The lowest BCUT2D eigenvalue weighted by Gasteiger charge is -2.14. The number of halogens is 2. The Labute approximate surface area is 118 Å². The number of benzene rings is 1. The van der Waals surface area contributed by atoms with Gasteiger partial charge in [0.05, 0.1) is 15.8 Å². The van der Waals surface area contributed by atoms with E-state index in [1.807, 2.05) is 13.0 Å². The average molecular weight is 310 g/mol. The predicted molar refractivity (Wildman–Crippen MR) is 77.2 cm³/mol. The monoisotopic (exact) mass is 309 g/mol. The van der Waals surface area contributed by atoms with Crippen LogP contribution >= 0.6 is 23.2 Å². The summed E-state index contributed by atoms with van der Waals surface area (Å²) in [5.41, 5.74) is 0.985. The summed E-state index contributed by atoms with van der Waals surface area (Å²) in [6.45, 7) is 4.04. The van der Waals surface area contributed by atoms with E-state index in [1.165, 1.54) is 0 Å². The lowest BCUT2D eigenvalue weighted by molar-refractivity contribution is 0.573. The number of nitrogens with one attached hydrogen (secondary N) is 1. The Kier molecular flexibility index (Phi) is 5.92. The smallest absolute Gasteiger partial charge is 0.151 e. The molecule has 1 N–H and O–H groups in total. The van der Waals surface area contributed by atoms with Gasteiger partial charge in [-0.15, -0.1) is 0 Å². The molecule has 1 atom stereocenters. The fraction of sp³-hybridized carbons (Fsp3) is 0.500. The minimum Gasteiger partial charge on any atom is -0.309 e. The van der Waals surface area contributed by atoms with Gasteiger partial charge in [0, 0.05) is 18.3 Å². The van der Waals surface area contributed by atoms with E-state index in [4.69, 9.17) is 23.2 Å². The molecule has 18 heavy (non-hydrogen) atoms. The third-order valence-corrected chi connectivity index (χ3v) is 5.19. The molecule has 0 aromatic heterocycles. The van der Waals surface area contributed by atoms with Crippen LogP contribution in [0.5, 0.6) is 0 Å². The standard InChI is InChI=1S/C12H17Cl2NO2S/c1-3-18(16,17)7-6-15-9(2)10-4-5-11(13)12(14)8-10/h4-5,8-9,15H,3,6-7H2,1-2H3. The van der Waals surface area contributed by atoms with Gasteiger partial charge in [0.2, 0.25) is 0 Å². The summed E-state index contributed by atoms with van der Waals surface area (Å²) in [6.07, 6.45) is 0. The van der Waals surface area contributed by atoms with E-state index >= 15 is 0 Å². The molecule has 1 unspecified atom stereocenters. The van der Waals surface area contributed by atoms with Crippen molar-refractivity contribution in [2.24, 2.45) is 0 Å². The molecule has 0 aliphatic carbocycles. The van der Waals surface area contributed by atoms with E-state index in [0.717, 1.165) is 5.56 Å². The van der Waals surface area contributed by atoms with Crippen LogP contribution in [0.1, 0.15) is 25.5 Å². The van der Waals surface area contributed by atoms with Gasteiger partial charge in [-0.1, -0.05) is 36.2 Å². The Balaban J connectivity index is 2.55. The van der Waals surface area contributed by atoms with Crippen molar-refractivity contribution in [2.75, 3.05) is 18.1 Å². The maximum Gasteiger partial charge on any atom is 0.151 e. The Hall–Kier alpha value is -0.290. The first-order valence-electron chi connectivity index (χ1n) is 5.74. The molecule has 0 amide bonds. The van der Waals surface area contributed by atoms with Gasteiger partial charge < -0.3 is 5.32 Å². The Morgan fingerprint density at radius 1 is 1.28 bits per heavy atom. The van der Waals surface area contributed by atoms with Crippen LogP contribution in [0.15, 0.2) is 18.2 Å². The maximum atomic E-state index is 11.3. The summed E-state index contributed by atoms with van der Waals surface area (Å²) in [7, 11) is -2.92. The van der Waals surface area contributed by atoms with E-state index < -0.39 is 9.84 Å². The number of hydrogen-bond donors (Lipinski definition) is 1. The molecule has 0 bridgehead atoms. The highest BCUT2D eigenvalue weighted by atomic mass is 35.5. The zero-order valence-corrected chi connectivity index (χ0v) is 12.7. The van der Waals surface area contributed by atoms with Gasteiger partial charge in [-0.3, -0.25) is 0 Å². The first-order valence-corrected chi connectivity index (χ1v) is 8.32. The van der Waals surface area contributed by atoms with Gasteiger partial charge in [-0.25, -0.2) is 8.42 Å². The predicted octanol–water partition coefficient (Wildman–Crippen LogP) is 3.08. The van der Waals surface area contributed by atoms with Crippen LogP contribution in [0.4, 0.5) is 0 Å². The van der Waals surface area contributed by atoms with E-state index in [0.29, 0.717) is 16.6 Å². The van der Waals surface area contributed by atoms with Crippen molar-refractivity contribution >= 4 is 33.0 Å². The molecule has 0 saturated carbocycles. The van der Waals surface area contributed by atoms with Crippen LogP contribution in [-0.2, 0) is 9.84 Å². The van der Waals surface area contributed by atoms with E-state index in [-0.39, 0.29) is 17.5 Å². The van der Waals surface area contributed by atoms with Crippen LogP contribution in [0.2, 0.25) is 10.0 Å². The second kappa shape index (κ2) is 6.75. The van der Waals surface area contributed by atoms with Gasteiger partial charge in [-0.05, 0) is 24.6 Å². The molecular formula is C12H17Cl2NO2S. The van der Waals surface area contributed by atoms with Crippen molar-refractivity contribution in [3.63, 3.8) is 0 Å². The molecule has 1 rings (SSSR count). The van der Waals surface area contributed by atoms with Gasteiger partial charge in [0.1, 0.15) is 0 Å². The topological polar surface area (TPSA) is 46.2 Å². The molecule has 6 heteroatoms. The molecule has 1 aromatic carbocycles. The van der Waals surface area contributed by atoms with Crippen LogP contribution in [0, 0.1) is 0 Å². The highest BCUT2D eigenvalue weighted by molar-refractivity contribution is 7.91. The summed E-state index contributed by atoms with van der Waals surface area (Å²) in [5, 5.41) is 4.17. The zero-order valence-electron chi connectivity index (χ0n) is 10.4. The number of hydrogen-bond acceptors (Lipinski definition) is 3. The Morgan fingerprint density at radius 3 is 2.50 bits per heavy atom. The quantitative estimate of drug-likeness (QED) is 0.878. The second-order valence-electron chi connectivity index (χ2n) is 4.09. The highest BCUT2D eigenvalue weighted by Gasteiger charge is 2.10. The van der Waals surface area contributed by atoms with E-state index in [2.05, 4.69) is 5.32 Å². The summed E-state index contributed by atoms with van der Waals surface area (Å²) in [4.78, 5) is 0. The van der Waals surface area contributed by atoms with Gasteiger partial charge in [-0.2, -0.15) is 0 Å². The fourth-order valence-electron chi connectivity index (χ4n) is 1.47. The third-order valence-electron chi connectivity index (χ3n) is 2.75. The second-order valence-corrected chi connectivity index (χ2v) is 7.37. The Bertz CT molecular complexity index is 503. The van der Waals surface area contributed by atoms with Crippen molar-refractivity contribution in [2.45, 2.75) is 19.9 Å². The molecule has 0 fully saturated rings. The first kappa shape index (κ1) is 15.8. The summed E-state index contributed by atoms with van der Waals surface area (Å²) >= 11 is 11.8. The van der Waals surface area contributed by atoms with Gasteiger partial charge >= 0.3 is 0 Å². The summed E-state index contributed by atoms with van der Waals surface area (Å²) in [6, 6.07) is 5.43. The molecule has 0 saturated heterocycles. The molecule has 102 valence electrons. The third kappa shape index (κ3) is 4.76. The van der Waals surface area contributed by atoms with E-state index in [9.17, 15) is 8.42 Å². The van der Waals surface area contributed by atoms with Crippen molar-refractivity contribution in [1.29, 1.82) is 0 Å². The van der Waals surface area contributed by atoms with Crippen molar-refractivity contribution in [3.8, 4) is 0 Å². The van der Waals surface area contributed by atoms with Crippen LogP contribution in [0.25, 0.3) is 0 Å². The molecule has 1 aromatic rings.